The van der Waals surface area contributed by atoms with Crippen LogP contribution in [0.3, 0.4) is 0 Å². The number of nitrogens with zero attached hydrogens (tertiary/aromatic N) is 2. The monoisotopic (exact) mass is 282 g/mol. The Morgan fingerprint density at radius 1 is 1.32 bits per heavy atom. The lowest BCUT2D eigenvalue weighted by Gasteiger charge is -2.17. The van der Waals surface area contributed by atoms with E-state index in [-0.39, 0.29) is 19.4 Å². The van der Waals surface area contributed by atoms with Crippen molar-refractivity contribution in [3.8, 4) is 0 Å². The van der Waals surface area contributed by atoms with Crippen molar-refractivity contribution in [1.29, 1.82) is 0 Å². The van der Waals surface area contributed by atoms with Gasteiger partial charge in [-0.1, -0.05) is 7.43 Å². The number of rotatable bonds is 1. The fourth-order valence-electron chi connectivity index (χ4n) is 2.80. The number of alkyl halides is 5. The van der Waals surface area contributed by atoms with Crippen molar-refractivity contribution in [2.75, 3.05) is 0 Å². The zero-order valence-corrected chi connectivity index (χ0v) is 9.72. The van der Waals surface area contributed by atoms with Crippen molar-refractivity contribution < 1.29 is 22.0 Å². The van der Waals surface area contributed by atoms with Crippen LogP contribution < -0.4 is 0 Å². The van der Waals surface area contributed by atoms with Crippen molar-refractivity contribution >= 4 is 0 Å². The number of halogens is 5. The molecule has 2 aliphatic carbocycles. The fraction of sp³-hybridized carbons (Fsp3) is 0.750. The predicted molar refractivity (Wildman–Crippen MR) is 59.1 cm³/mol. The first-order valence-electron chi connectivity index (χ1n) is 5.73. The molecule has 0 aliphatic heterocycles. The maximum atomic E-state index is 14.0. The van der Waals surface area contributed by atoms with Gasteiger partial charge in [0.15, 0.2) is 5.69 Å². The summed E-state index contributed by atoms with van der Waals surface area (Å²) >= 11 is 0. The van der Waals surface area contributed by atoms with Crippen LogP contribution in [-0.4, -0.2) is 9.78 Å². The molecule has 1 heterocycles. The minimum absolute atomic E-state index is 0. The average molecular weight is 282 g/mol. The summed E-state index contributed by atoms with van der Waals surface area (Å²) < 4.78 is 67.3. The molecule has 0 radical (unpaired) electrons. The van der Waals surface area contributed by atoms with Gasteiger partial charge in [0, 0.05) is 17.5 Å². The van der Waals surface area contributed by atoms with Gasteiger partial charge in [-0.3, -0.25) is 4.68 Å². The Hall–Kier alpha value is -1.14. The Morgan fingerprint density at radius 3 is 2.37 bits per heavy atom. The topological polar surface area (TPSA) is 17.8 Å². The number of aromatic nitrogens is 2. The zero-order valence-electron chi connectivity index (χ0n) is 9.72. The SMILES string of the molecule is C.CC(C)n1nc(C(F)(F)F)c2c1C(F)(F)[C@@H]1C[C@H]21. The van der Waals surface area contributed by atoms with E-state index in [1.807, 2.05) is 0 Å². The molecule has 1 saturated carbocycles. The second-order valence-corrected chi connectivity index (χ2v) is 5.22. The van der Waals surface area contributed by atoms with Crippen LogP contribution in [0.15, 0.2) is 0 Å². The first kappa shape index (κ1) is 14.3. The highest BCUT2D eigenvalue weighted by Gasteiger charge is 2.68. The summed E-state index contributed by atoms with van der Waals surface area (Å²) in [7, 11) is 0. The van der Waals surface area contributed by atoms with Crippen molar-refractivity contribution in [2.24, 2.45) is 5.92 Å². The number of hydrogen-bond acceptors (Lipinski definition) is 1. The first-order valence-corrected chi connectivity index (χ1v) is 5.73. The second kappa shape index (κ2) is 3.70. The summed E-state index contributed by atoms with van der Waals surface area (Å²) in [6, 6.07) is -0.516. The molecule has 0 aromatic carbocycles. The van der Waals surface area contributed by atoms with E-state index in [0.717, 1.165) is 4.68 Å². The van der Waals surface area contributed by atoms with E-state index in [2.05, 4.69) is 5.10 Å². The average Bonchev–Trinajstić information content (AvgIpc) is 2.82. The van der Waals surface area contributed by atoms with Crippen molar-refractivity contribution in [2.45, 2.75) is 51.8 Å². The molecule has 19 heavy (non-hydrogen) atoms. The fourth-order valence-corrected chi connectivity index (χ4v) is 2.80. The molecule has 2 aliphatic rings. The van der Waals surface area contributed by atoms with Gasteiger partial charge in [-0.2, -0.15) is 27.1 Å². The van der Waals surface area contributed by atoms with Crippen LogP contribution in [0.25, 0.3) is 0 Å². The van der Waals surface area contributed by atoms with E-state index in [1.165, 1.54) is 0 Å². The minimum atomic E-state index is -4.67. The van der Waals surface area contributed by atoms with E-state index in [9.17, 15) is 22.0 Å². The van der Waals surface area contributed by atoms with Crippen LogP contribution in [-0.2, 0) is 12.1 Å². The van der Waals surface area contributed by atoms with Gasteiger partial charge in [0.1, 0.15) is 5.69 Å². The molecule has 2 nitrogen and oxygen atoms in total. The third-order valence-corrected chi connectivity index (χ3v) is 3.65. The molecule has 0 N–H and O–H groups in total. The van der Waals surface area contributed by atoms with Crippen molar-refractivity contribution in [1.82, 2.24) is 9.78 Å². The summed E-state index contributed by atoms with van der Waals surface area (Å²) in [4.78, 5) is 0. The van der Waals surface area contributed by atoms with Gasteiger partial charge in [0.25, 0.3) is 5.92 Å². The normalized spacial score (nSPS) is 26.9. The second-order valence-electron chi connectivity index (χ2n) is 5.22. The highest BCUT2D eigenvalue weighted by Crippen LogP contribution is 2.68. The molecule has 7 heteroatoms. The molecule has 1 fully saturated rings. The Balaban J connectivity index is 0.00000133. The van der Waals surface area contributed by atoms with E-state index in [0.29, 0.717) is 0 Å². The highest BCUT2D eigenvalue weighted by atomic mass is 19.4. The quantitative estimate of drug-likeness (QED) is 0.701. The Bertz CT molecular complexity index is 515. The number of fused-ring (bicyclic) bond motifs is 3. The molecule has 1 aromatic heterocycles. The Kier molecular flexibility index (Phi) is 2.78. The predicted octanol–water partition coefficient (Wildman–Crippen LogP) is 4.33. The van der Waals surface area contributed by atoms with Gasteiger partial charge in [-0.25, -0.2) is 0 Å². The van der Waals surface area contributed by atoms with E-state index in [1.54, 1.807) is 13.8 Å². The largest absolute Gasteiger partial charge is 0.435 e. The molecule has 3 rings (SSSR count). The molecule has 1 aromatic rings. The third-order valence-electron chi connectivity index (χ3n) is 3.65. The van der Waals surface area contributed by atoms with Gasteiger partial charge in [0.2, 0.25) is 0 Å². The van der Waals surface area contributed by atoms with Crippen LogP contribution in [0.5, 0.6) is 0 Å². The van der Waals surface area contributed by atoms with Crippen LogP contribution in [0.2, 0.25) is 0 Å². The molecular weight excluding hydrogens is 267 g/mol. The summed E-state index contributed by atoms with van der Waals surface area (Å²) in [6.45, 7) is 3.10. The van der Waals surface area contributed by atoms with E-state index in [4.69, 9.17) is 0 Å². The van der Waals surface area contributed by atoms with Crippen LogP contribution >= 0.6 is 0 Å². The smallest absolute Gasteiger partial charge is 0.260 e. The molecule has 0 unspecified atom stereocenters. The molecule has 0 saturated heterocycles. The lowest BCUT2D eigenvalue weighted by molar-refractivity contribution is -0.142. The third kappa shape index (κ3) is 1.70. The van der Waals surface area contributed by atoms with Gasteiger partial charge >= 0.3 is 6.18 Å². The van der Waals surface area contributed by atoms with Gasteiger partial charge in [0.05, 0.1) is 0 Å². The molecule has 0 bridgehead atoms. The molecule has 2 atom stereocenters. The van der Waals surface area contributed by atoms with Crippen molar-refractivity contribution in [3.63, 3.8) is 0 Å². The van der Waals surface area contributed by atoms with E-state index >= 15 is 0 Å². The van der Waals surface area contributed by atoms with Crippen LogP contribution in [0.4, 0.5) is 22.0 Å². The van der Waals surface area contributed by atoms with Crippen molar-refractivity contribution in [3.05, 3.63) is 17.0 Å². The molecule has 0 amide bonds. The maximum Gasteiger partial charge on any atom is 0.435 e. The highest BCUT2D eigenvalue weighted by molar-refractivity contribution is 5.46. The standard InChI is InChI=1S/C11H11F5N2.CH4/c1-4(2)18-9-7(8(17-18)11(14,15)16)5-3-6(5)10(9,12)13;/h4-6H,3H2,1-2H3;1H4/t5-,6+;/m0./s1. The van der Waals surface area contributed by atoms with Gasteiger partial charge in [-0.15, -0.1) is 0 Å². The summed E-state index contributed by atoms with van der Waals surface area (Å²) in [5.74, 6) is -4.81. The van der Waals surface area contributed by atoms with E-state index < -0.39 is 41.4 Å². The van der Waals surface area contributed by atoms with Gasteiger partial charge in [-0.05, 0) is 26.2 Å². The lowest BCUT2D eigenvalue weighted by Crippen LogP contribution is -2.21. The Morgan fingerprint density at radius 2 is 1.89 bits per heavy atom. The summed E-state index contributed by atoms with van der Waals surface area (Å²) in [6.07, 6.45) is -4.54. The van der Waals surface area contributed by atoms with Gasteiger partial charge < -0.3 is 0 Å². The molecule has 0 spiro atoms. The Labute approximate surface area is 107 Å². The molecule has 108 valence electrons. The zero-order chi connectivity index (χ0) is 13.5. The number of hydrogen-bond donors (Lipinski definition) is 0. The minimum Gasteiger partial charge on any atom is -0.260 e. The molecular formula is C12H15F5N2. The first-order chi connectivity index (χ1) is 8.15. The summed E-state index contributed by atoms with van der Waals surface area (Å²) in [5.41, 5.74) is -1.92. The van der Waals surface area contributed by atoms with Crippen LogP contribution in [0, 0.1) is 5.92 Å². The summed E-state index contributed by atoms with van der Waals surface area (Å²) in [5, 5.41) is 3.39. The lowest BCUT2D eigenvalue weighted by atomic mass is 10.1. The van der Waals surface area contributed by atoms with Crippen LogP contribution in [0.1, 0.15) is 56.6 Å². The maximum absolute atomic E-state index is 14.0.